The van der Waals surface area contributed by atoms with E-state index in [-0.39, 0.29) is 19.1 Å². The highest BCUT2D eigenvalue weighted by Gasteiger charge is 2.11. The number of hydrogen-bond acceptors (Lipinski definition) is 4. The molecule has 1 heterocycles. The van der Waals surface area contributed by atoms with E-state index in [4.69, 9.17) is 0 Å². The van der Waals surface area contributed by atoms with Gasteiger partial charge in [-0.25, -0.2) is 0 Å². The molecule has 0 unspecified atom stereocenters. The summed E-state index contributed by atoms with van der Waals surface area (Å²) in [4.78, 5) is 16.9. The van der Waals surface area contributed by atoms with Crippen LogP contribution in [0.2, 0.25) is 0 Å². The number of benzene rings is 2. The van der Waals surface area contributed by atoms with Crippen molar-refractivity contribution in [1.29, 1.82) is 0 Å². The van der Waals surface area contributed by atoms with Gasteiger partial charge in [-0.05, 0) is 55.2 Å². The average Bonchev–Trinajstić information content (AvgIpc) is 2.66. The fourth-order valence-corrected chi connectivity index (χ4v) is 3.18. The third kappa shape index (κ3) is 4.51. The van der Waals surface area contributed by atoms with Gasteiger partial charge in [0.05, 0.1) is 18.2 Å². The lowest BCUT2D eigenvalue weighted by molar-refractivity contribution is 0.0924. The second kappa shape index (κ2) is 8.29. The molecule has 2 aromatic carbocycles. The van der Waals surface area contributed by atoms with Crippen LogP contribution < -0.4 is 5.32 Å². The molecule has 0 bridgehead atoms. The van der Waals surface area contributed by atoms with E-state index in [1.165, 1.54) is 0 Å². The molecular weight excluding hydrogens is 340 g/mol. The zero-order valence-corrected chi connectivity index (χ0v) is 15.6. The van der Waals surface area contributed by atoms with E-state index in [1.54, 1.807) is 13.0 Å². The second-order valence-corrected chi connectivity index (χ2v) is 6.83. The minimum atomic E-state index is -0.581. The molecule has 0 aliphatic heterocycles. The molecule has 0 radical (unpaired) electrons. The first-order valence-electron chi connectivity index (χ1n) is 9.02. The van der Waals surface area contributed by atoms with Crippen molar-refractivity contribution in [2.75, 3.05) is 6.54 Å². The first-order valence-corrected chi connectivity index (χ1v) is 9.02. The third-order valence-corrected chi connectivity index (χ3v) is 4.45. The fraction of sp³-hybridized carbons (Fsp3) is 0.273. The summed E-state index contributed by atoms with van der Waals surface area (Å²) in [6.07, 6.45) is 0.0544. The number of nitrogens with one attached hydrogen (secondary N) is 1. The summed E-state index contributed by atoms with van der Waals surface area (Å²) in [5, 5.41) is 22.6. The number of fused-ring (bicyclic) bond motifs is 1. The van der Waals surface area contributed by atoms with Crippen LogP contribution in [0.5, 0.6) is 0 Å². The van der Waals surface area contributed by atoms with Crippen molar-refractivity contribution in [3.8, 4) is 0 Å². The topological polar surface area (TPSA) is 82.5 Å². The van der Waals surface area contributed by atoms with Gasteiger partial charge < -0.3 is 15.5 Å². The van der Waals surface area contributed by atoms with Crippen molar-refractivity contribution in [2.45, 2.75) is 33.0 Å². The van der Waals surface area contributed by atoms with Gasteiger partial charge in [0.2, 0.25) is 0 Å². The first-order chi connectivity index (χ1) is 13.0. The minimum absolute atomic E-state index is 0.0255. The largest absolute Gasteiger partial charge is 0.392 e. The molecule has 5 heteroatoms. The highest BCUT2D eigenvalue weighted by atomic mass is 16.3. The zero-order valence-electron chi connectivity index (χ0n) is 15.6. The number of aryl methyl sites for hydroxylation is 1. The van der Waals surface area contributed by atoms with Gasteiger partial charge in [0.15, 0.2) is 0 Å². The van der Waals surface area contributed by atoms with Gasteiger partial charge >= 0.3 is 0 Å². The number of carbonyl (C=O) groups is 1. The SMILES string of the molecule is Cc1cc(CO)c2cccc(Cc3cccc(C(=O)NC[C@H](C)O)c3)c2n1. The van der Waals surface area contributed by atoms with E-state index in [1.807, 2.05) is 49.4 Å². The normalized spacial score (nSPS) is 12.1. The third-order valence-electron chi connectivity index (χ3n) is 4.45. The number of aliphatic hydroxyl groups excluding tert-OH is 2. The molecule has 3 rings (SSSR count). The van der Waals surface area contributed by atoms with Crippen LogP contribution in [-0.2, 0) is 13.0 Å². The van der Waals surface area contributed by atoms with Crippen molar-refractivity contribution in [2.24, 2.45) is 0 Å². The molecule has 0 spiro atoms. The van der Waals surface area contributed by atoms with Crippen molar-refractivity contribution < 1.29 is 15.0 Å². The Balaban J connectivity index is 1.91. The average molecular weight is 364 g/mol. The Kier molecular flexibility index (Phi) is 5.84. The second-order valence-electron chi connectivity index (χ2n) is 6.83. The summed E-state index contributed by atoms with van der Waals surface area (Å²) < 4.78 is 0. The molecule has 1 aromatic heterocycles. The summed E-state index contributed by atoms with van der Waals surface area (Å²) >= 11 is 0. The quantitative estimate of drug-likeness (QED) is 0.628. The van der Waals surface area contributed by atoms with Crippen molar-refractivity contribution >= 4 is 16.8 Å². The molecular formula is C22H24N2O3. The lowest BCUT2D eigenvalue weighted by Crippen LogP contribution is -2.30. The van der Waals surface area contributed by atoms with E-state index in [2.05, 4.69) is 10.3 Å². The molecule has 27 heavy (non-hydrogen) atoms. The highest BCUT2D eigenvalue weighted by molar-refractivity contribution is 5.94. The van der Waals surface area contributed by atoms with Crippen LogP contribution in [0.15, 0.2) is 48.5 Å². The maximum atomic E-state index is 12.2. The summed E-state index contributed by atoms with van der Waals surface area (Å²) in [5.74, 6) is -0.202. The Morgan fingerprint density at radius 2 is 1.93 bits per heavy atom. The number of aliphatic hydroxyl groups is 2. The van der Waals surface area contributed by atoms with Crippen molar-refractivity contribution in [3.05, 3.63) is 76.5 Å². The van der Waals surface area contributed by atoms with E-state index >= 15 is 0 Å². The Morgan fingerprint density at radius 1 is 1.15 bits per heavy atom. The number of rotatable bonds is 6. The van der Waals surface area contributed by atoms with E-state index in [0.717, 1.165) is 33.3 Å². The highest BCUT2D eigenvalue weighted by Crippen LogP contribution is 2.24. The monoisotopic (exact) mass is 364 g/mol. The molecule has 3 aromatic rings. The predicted molar refractivity (Wildman–Crippen MR) is 106 cm³/mol. The first kappa shape index (κ1) is 19.0. The Hall–Kier alpha value is -2.76. The Bertz CT molecular complexity index is 967. The van der Waals surface area contributed by atoms with Gasteiger partial charge in [0.25, 0.3) is 5.91 Å². The van der Waals surface area contributed by atoms with Crippen molar-refractivity contribution in [1.82, 2.24) is 10.3 Å². The molecule has 3 N–H and O–H groups in total. The summed E-state index contributed by atoms with van der Waals surface area (Å²) in [7, 11) is 0. The van der Waals surface area contributed by atoms with Gasteiger partial charge in [-0.15, -0.1) is 0 Å². The lowest BCUT2D eigenvalue weighted by atomic mass is 9.98. The van der Waals surface area contributed by atoms with Crippen LogP contribution >= 0.6 is 0 Å². The van der Waals surface area contributed by atoms with Crippen LogP contribution in [0, 0.1) is 6.92 Å². The molecule has 140 valence electrons. The smallest absolute Gasteiger partial charge is 0.251 e. The lowest BCUT2D eigenvalue weighted by Gasteiger charge is -2.11. The van der Waals surface area contributed by atoms with Gasteiger partial charge in [-0.3, -0.25) is 9.78 Å². The molecule has 0 aliphatic carbocycles. The van der Waals surface area contributed by atoms with Crippen LogP contribution in [-0.4, -0.2) is 33.8 Å². The molecule has 1 atom stereocenters. The van der Waals surface area contributed by atoms with Crippen LogP contribution in [0.3, 0.4) is 0 Å². The van der Waals surface area contributed by atoms with Gasteiger partial charge in [-0.2, -0.15) is 0 Å². The van der Waals surface area contributed by atoms with Gasteiger partial charge in [-0.1, -0.05) is 30.3 Å². The van der Waals surface area contributed by atoms with E-state index in [9.17, 15) is 15.0 Å². The Morgan fingerprint density at radius 3 is 2.67 bits per heavy atom. The number of amides is 1. The standard InChI is InChI=1S/C22H24N2O3/c1-14-9-19(13-25)20-8-4-6-17(21(20)24-14)10-16-5-3-7-18(11-16)22(27)23-12-15(2)26/h3-9,11,15,25-26H,10,12-13H2,1-2H3,(H,23,27)/t15-/m0/s1. The summed E-state index contributed by atoms with van der Waals surface area (Å²) in [5.41, 5.74) is 5.23. The summed E-state index contributed by atoms with van der Waals surface area (Å²) in [6.45, 7) is 3.75. The van der Waals surface area contributed by atoms with Crippen LogP contribution in [0.1, 0.15) is 39.7 Å². The zero-order chi connectivity index (χ0) is 19.4. The minimum Gasteiger partial charge on any atom is -0.392 e. The summed E-state index contributed by atoms with van der Waals surface area (Å²) in [6, 6.07) is 15.3. The van der Waals surface area contributed by atoms with Crippen molar-refractivity contribution in [3.63, 3.8) is 0 Å². The predicted octanol–water partition coefficient (Wildman–Crippen LogP) is 2.74. The van der Waals surface area contributed by atoms with Gasteiger partial charge in [0, 0.05) is 23.2 Å². The Labute approximate surface area is 158 Å². The van der Waals surface area contributed by atoms with Gasteiger partial charge in [0.1, 0.15) is 0 Å². The number of pyridine rings is 1. The molecule has 0 saturated heterocycles. The number of nitrogens with zero attached hydrogens (tertiary/aromatic N) is 1. The number of carbonyl (C=O) groups excluding carboxylic acids is 1. The fourth-order valence-electron chi connectivity index (χ4n) is 3.18. The molecule has 0 fully saturated rings. The molecule has 5 nitrogen and oxygen atoms in total. The number of aromatic nitrogens is 1. The number of para-hydroxylation sites is 1. The number of hydrogen-bond donors (Lipinski definition) is 3. The van der Waals surface area contributed by atoms with Crippen LogP contribution in [0.4, 0.5) is 0 Å². The molecule has 0 saturated carbocycles. The van der Waals surface area contributed by atoms with E-state index < -0.39 is 6.10 Å². The van der Waals surface area contributed by atoms with E-state index in [0.29, 0.717) is 12.0 Å². The maximum Gasteiger partial charge on any atom is 0.251 e. The molecule has 0 aliphatic rings. The maximum absolute atomic E-state index is 12.2. The molecule has 1 amide bonds. The van der Waals surface area contributed by atoms with Crippen LogP contribution in [0.25, 0.3) is 10.9 Å².